The number of rotatable bonds is 4. The summed E-state index contributed by atoms with van der Waals surface area (Å²) < 4.78 is 0. The Kier molecular flexibility index (Phi) is 5.20. The minimum atomic E-state index is 0.838. The molecule has 0 saturated heterocycles. The van der Waals surface area contributed by atoms with E-state index in [4.69, 9.17) is 0 Å². The van der Waals surface area contributed by atoms with Gasteiger partial charge in [-0.15, -0.1) is 0 Å². The summed E-state index contributed by atoms with van der Waals surface area (Å²) >= 11 is 0. The van der Waals surface area contributed by atoms with Gasteiger partial charge in [-0.3, -0.25) is 0 Å². The van der Waals surface area contributed by atoms with Gasteiger partial charge in [0.1, 0.15) is 0 Å². The predicted octanol–water partition coefficient (Wildman–Crippen LogP) is 5.93. The smallest absolute Gasteiger partial charge is 0.0901 e. The van der Waals surface area contributed by atoms with Crippen LogP contribution in [0.4, 0.5) is 0 Å². The van der Waals surface area contributed by atoms with Crippen molar-refractivity contribution in [1.82, 2.24) is 0 Å². The fraction of sp³-hybridized carbons (Fsp3) is 0.889. The van der Waals surface area contributed by atoms with E-state index in [0.717, 1.165) is 36.2 Å². The zero-order chi connectivity index (χ0) is 14.0. The molecule has 0 N–H and O–H groups in total. The van der Waals surface area contributed by atoms with Crippen molar-refractivity contribution in [1.29, 1.82) is 0 Å². The van der Waals surface area contributed by atoms with Crippen LogP contribution in [0.25, 0.3) is 0 Å². The van der Waals surface area contributed by atoms with Crippen LogP contribution in [-0.2, 0) is 0 Å². The third-order valence-electron chi connectivity index (χ3n) is 6.09. The van der Waals surface area contributed by atoms with Gasteiger partial charge in [-0.05, 0) is 36.4 Å². The highest BCUT2D eigenvalue weighted by molar-refractivity contribution is 6.63. The maximum atomic E-state index is 2.66. The molecule has 1 heterocycles. The van der Waals surface area contributed by atoms with Crippen molar-refractivity contribution in [3.05, 3.63) is 11.6 Å². The van der Waals surface area contributed by atoms with Crippen LogP contribution in [0.15, 0.2) is 11.6 Å². The van der Waals surface area contributed by atoms with Crippen molar-refractivity contribution in [2.24, 2.45) is 23.7 Å². The SMILES string of the molecule is CC1=CC([C@@H]2CCCC[C@H]2C)B(CC(C)C(C)C)C1. The summed E-state index contributed by atoms with van der Waals surface area (Å²) in [6.07, 6.45) is 11.4. The first kappa shape index (κ1) is 15.2. The first-order valence-corrected chi connectivity index (χ1v) is 8.66. The Morgan fingerprint density at radius 3 is 2.53 bits per heavy atom. The molecule has 2 unspecified atom stereocenters. The lowest BCUT2D eigenvalue weighted by molar-refractivity contribution is 0.256. The monoisotopic (exact) mass is 260 g/mol. The highest BCUT2D eigenvalue weighted by Crippen LogP contribution is 2.46. The van der Waals surface area contributed by atoms with Crippen LogP contribution < -0.4 is 0 Å². The number of allylic oxidation sites excluding steroid dienone is 2. The second-order valence-electron chi connectivity index (χ2n) is 7.94. The maximum absolute atomic E-state index is 2.66. The molecule has 1 saturated carbocycles. The lowest BCUT2D eigenvalue weighted by Crippen LogP contribution is -2.30. The van der Waals surface area contributed by atoms with E-state index in [2.05, 4.69) is 40.7 Å². The normalized spacial score (nSPS) is 33.7. The van der Waals surface area contributed by atoms with Crippen LogP contribution in [0.1, 0.15) is 60.3 Å². The van der Waals surface area contributed by atoms with E-state index in [1.807, 2.05) is 0 Å². The summed E-state index contributed by atoms with van der Waals surface area (Å²) in [6, 6.07) is 0. The third kappa shape index (κ3) is 3.67. The molecular formula is C18H33B. The second-order valence-corrected chi connectivity index (χ2v) is 7.94. The summed E-state index contributed by atoms with van der Waals surface area (Å²) in [4.78, 5) is 0. The van der Waals surface area contributed by atoms with Crippen LogP contribution in [0.3, 0.4) is 0 Å². The van der Waals surface area contributed by atoms with E-state index in [0.29, 0.717) is 0 Å². The topological polar surface area (TPSA) is 0 Å². The van der Waals surface area contributed by atoms with Crippen LogP contribution in [0.2, 0.25) is 18.5 Å². The zero-order valence-electron chi connectivity index (χ0n) is 13.8. The van der Waals surface area contributed by atoms with Gasteiger partial charge >= 0.3 is 0 Å². The van der Waals surface area contributed by atoms with E-state index >= 15 is 0 Å². The summed E-state index contributed by atoms with van der Waals surface area (Å²) in [5.41, 5.74) is 1.67. The molecule has 2 aliphatic rings. The molecular weight excluding hydrogens is 227 g/mol. The van der Waals surface area contributed by atoms with Gasteiger partial charge < -0.3 is 0 Å². The summed E-state index contributed by atoms with van der Waals surface area (Å²) in [6.45, 7) is 13.0. The fourth-order valence-corrected chi connectivity index (χ4v) is 4.46. The largest absolute Gasteiger partial charge is 0.152 e. The first-order chi connectivity index (χ1) is 8.99. The minimum Gasteiger partial charge on any atom is -0.0901 e. The lowest BCUT2D eigenvalue weighted by atomic mass is 9.34. The molecule has 0 aromatic carbocycles. The molecule has 19 heavy (non-hydrogen) atoms. The van der Waals surface area contributed by atoms with Gasteiger partial charge in [-0.2, -0.15) is 0 Å². The first-order valence-electron chi connectivity index (χ1n) is 8.66. The van der Waals surface area contributed by atoms with E-state index in [-0.39, 0.29) is 0 Å². The van der Waals surface area contributed by atoms with Crippen molar-refractivity contribution >= 4 is 6.71 Å². The molecule has 1 aliphatic carbocycles. The van der Waals surface area contributed by atoms with Crippen molar-refractivity contribution < 1.29 is 0 Å². The molecule has 0 nitrogen and oxygen atoms in total. The molecule has 1 aliphatic heterocycles. The Labute approximate surface area is 121 Å². The summed E-state index contributed by atoms with van der Waals surface area (Å²) in [5, 5.41) is 0. The Balaban J connectivity index is 2.03. The average molecular weight is 260 g/mol. The van der Waals surface area contributed by atoms with Crippen LogP contribution in [0, 0.1) is 23.7 Å². The zero-order valence-corrected chi connectivity index (χ0v) is 13.8. The molecule has 0 spiro atoms. The number of hydrogen-bond donors (Lipinski definition) is 0. The lowest BCUT2D eigenvalue weighted by Gasteiger charge is -2.36. The van der Waals surface area contributed by atoms with Gasteiger partial charge in [0.15, 0.2) is 6.71 Å². The average Bonchev–Trinajstić information content (AvgIpc) is 2.70. The van der Waals surface area contributed by atoms with Gasteiger partial charge in [0, 0.05) is 0 Å². The number of hydrogen-bond acceptors (Lipinski definition) is 0. The molecule has 1 fully saturated rings. The second kappa shape index (κ2) is 6.50. The maximum Gasteiger partial charge on any atom is 0.152 e. The highest BCUT2D eigenvalue weighted by atomic mass is 14.3. The molecule has 4 atom stereocenters. The van der Waals surface area contributed by atoms with Crippen LogP contribution in [-0.4, -0.2) is 6.71 Å². The Hall–Kier alpha value is -0.195. The highest BCUT2D eigenvalue weighted by Gasteiger charge is 2.38. The van der Waals surface area contributed by atoms with Crippen molar-refractivity contribution in [2.45, 2.75) is 78.8 Å². The minimum absolute atomic E-state index is 0.838. The van der Waals surface area contributed by atoms with Crippen LogP contribution >= 0.6 is 0 Å². The van der Waals surface area contributed by atoms with E-state index in [1.165, 1.54) is 38.3 Å². The molecule has 0 radical (unpaired) electrons. The van der Waals surface area contributed by atoms with Crippen molar-refractivity contribution in [3.8, 4) is 0 Å². The summed E-state index contributed by atoms with van der Waals surface area (Å²) in [5.74, 6) is 4.56. The van der Waals surface area contributed by atoms with Gasteiger partial charge in [-0.25, -0.2) is 0 Å². The molecule has 108 valence electrons. The Bertz CT molecular complexity index is 318. The molecule has 2 rings (SSSR count). The standard InChI is InChI=1S/C18H33B/c1-13(2)16(5)12-19-11-14(3)10-18(19)17-9-7-6-8-15(17)4/h10,13,15-18H,6-9,11-12H2,1-5H3/t15-,16?,17-,18?/m1/s1. The Morgan fingerprint density at radius 2 is 1.89 bits per heavy atom. The van der Waals surface area contributed by atoms with Gasteiger partial charge in [0.2, 0.25) is 0 Å². The Morgan fingerprint density at radius 1 is 1.21 bits per heavy atom. The third-order valence-corrected chi connectivity index (χ3v) is 6.09. The predicted molar refractivity (Wildman–Crippen MR) is 88.0 cm³/mol. The summed E-state index contributed by atoms with van der Waals surface area (Å²) in [7, 11) is 0. The van der Waals surface area contributed by atoms with Gasteiger partial charge in [-0.1, -0.05) is 77.7 Å². The van der Waals surface area contributed by atoms with E-state index in [1.54, 1.807) is 5.57 Å². The molecule has 0 aromatic rings. The molecule has 0 aromatic heterocycles. The van der Waals surface area contributed by atoms with Crippen molar-refractivity contribution in [3.63, 3.8) is 0 Å². The quantitative estimate of drug-likeness (QED) is 0.434. The molecule has 0 amide bonds. The van der Waals surface area contributed by atoms with Crippen molar-refractivity contribution in [2.75, 3.05) is 0 Å². The van der Waals surface area contributed by atoms with Gasteiger partial charge in [0.05, 0.1) is 0 Å². The van der Waals surface area contributed by atoms with E-state index < -0.39 is 0 Å². The fourth-order valence-electron chi connectivity index (χ4n) is 4.46. The van der Waals surface area contributed by atoms with E-state index in [9.17, 15) is 0 Å². The van der Waals surface area contributed by atoms with Gasteiger partial charge in [0.25, 0.3) is 0 Å². The molecule has 0 bridgehead atoms. The molecule has 1 heteroatoms. The van der Waals surface area contributed by atoms with Crippen LogP contribution in [0.5, 0.6) is 0 Å².